The summed E-state index contributed by atoms with van der Waals surface area (Å²) in [7, 11) is 0. The highest BCUT2D eigenvalue weighted by Crippen LogP contribution is 2.29. The number of aliphatic imine (C=N–C) groups is 1. The highest BCUT2D eigenvalue weighted by Gasteiger charge is 2.30. The van der Waals surface area contributed by atoms with Gasteiger partial charge in [-0.15, -0.1) is 0 Å². The summed E-state index contributed by atoms with van der Waals surface area (Å²) >= 11 is 0. The van der Waals surface area contributed by atoms with E-state index in [-0.39, 0.29) is 0 Å². The molecule has 0 saturated carbocycles. The summed E-state index contributed by atoms with van der Waals surface area (Å²) in [6, 6.07) is 5.26. The van der Waals surface area contributed by atoms with Crippen molar-refractivity contribution in [2.45, 2.75) is 26.9 Å². The molecule has 1 nitrogen and oxygen atoms in total. The number of nitrogens with zero attached hydrogens (tertiary/aromatic N) is 1. The standard InChI is InChI=1S/C13H16F3N/c1-9(2)8-17-10(3)11-5-4-6-12(7-11)13(14,15)16/h4-7,9H,8H2,1-3H3. The molecule has 0 heterocycles. The number of rotatable bonds is 3. The van der Waals surface area contributed by atoms with Crippen LogP contribution in [-0.4, -0.2) is 12.3 Å². The lowest BCUT2D eigenvalue weighted by Gasteiger charge is -2.09. The first-order chi connectivity index (χ1) is 7.80. The fourth-order valence-electron chi connectivity index (χ4n) is 1.33. The molecule has 0 radical (unpaired) electrons. The van der Waals surface area contributed by atoms with Gasteiger partial charge in [0.1, 0.15) is 0 Å². The molecule has 0 spiro atoms. The van der Waals surface area contributed by atoms with Crippen LogP contribution in [0.1, 0.15) is 31.9 Å². The van der Waals surface area contributed by atoms with Crippen LogP contribution < -0.4 is 0 Å². The Labute approximate surface area is 99.4 Å². The fraction of sp³-hybridized carbons (Fsp3) is 0.462. The fourth-order valence-corrected chi connectivity index (χ4v) is 1.33. The van der Waals surface area contributed by atoms with Crippen molar-refractivity contribution in [2.24, 2.45) is 10.9 Å². The van der Waals surface area contributed by atoms with Gasteiger partial charge in [-0.25, -0.2) is 0 Å². The quantitative estimate of drug-likeness (QED) is 0.706. The van der Waals surface area contributed by atoms with E-state index in [1.165, 1.54) is 6.07 Å². The van der Waals surface area contributed by atoms with Crippen LogP contribution >= 0.6 is 0 Å². The van der Waals surface area contributed by atoms with Crippen LogP contribution in [0.5, 0.6) is 0 Å². The molecule has 0 atom stereocenters. The van der Waals surface area contributed by atoms with Gasteiger partial charge < -0.3 is 0 Å². The van der Waals surface area contributed by atoms with E-state index in [0.717, 1.165) is 12.1 Å². The molecule has 0 aliphatic carbocycles. The first-order valence-corrected chi connectivity index (χ1v) is 5.49. The minimum absolute atomic E-state index is 0.399. The van der Waals surface area contributed by atoms with Gasteiger partial charge in [0.15, 0.2) is 0 Å². The normalized spacial score (nSPS) is 13.2. The van der Waals surface area contributed by atoms with Gasteiger partial charge in [-0.1, -0.05) is 26.0 Å². The van der Waals surface area contributed by atoms with Crippen molar-refractivity contribution in [2.75, 3.05) is 6.54 Å². The van der Waals surface area contributed by atoms with Crippen LogP contribution in [0.3, 0.4) is 0 Å². The highest BCUT2D eigenvalue weighted by molar-refractivity contribution is 5.98. The SMILES string of the molecule is CC(=NCC(C)C)c1cccc(C(F)(F)F)c1. The molecule has 0 saturated heterocycles. The van der Waals surface area contributed by atoms with E-state index >= 15 is 0 Å². The Balaban J connectivity index is 2.96. The molecule has 0 aromatic heterocycles. The summed E-state index contributed by atoms with van der Waals surface area (Å²) < 4.78 is 37.5. The Bertz CT molecular complexity index is 405. The van der Waals surface area contributed by atoms with Gasteiger partial charge in [-0.3, -0.25) is 4.99 Å². The molecule has 0 N–H and O–H groups in total. The number of hydrogen-bond donors (Lipinski definition) is 0. The third kappa shape index (κ3) is 4.21. The first-order valence-electron chi connectivity index (χ1n) is 5.49. The zero-order valence-corrected chi connectivity index (χ0v) is 10.2. The Morgan fingerprint density at radius 1 is 1.29 bits per heavy atom. The maximum absolute atomic E-state index is 12.5. The topological polar surface area (TPSA) is 12.4 Å². The van der Waals surface area contributed by atoms with Crippen LogP contribution in [0.25, 0.3) is 0 Å². The monoisotopic (exact) mass is 243 g/mol. The third-order valence-corrected chi connectivity index (χ3v) is 2.30. The van der Waals surface area contributed by atoms with Crippen molar-refractivity contribution < 1.29 is 13.2 Å². The molecule has 1 rings (SSSR count). The Hall–Kier alpha value is -1.32. The van der Waals surface area contributed by atoms with E-state index in [4.69, 9.17) is 0 Å². The molecule has 0 unspecified atom stereocenters. The maximum atomic E-state index is 12.5. The van der Waals surface area contributed by atoms with E-state index < -0.39 is 11.7 Å². The molecule has 94 valence electrons. The Morgan fingerprint density at radius 3 is 2.47 bits per heavy atom. The van der Waals surface area contributed by atoms with Crippen molar-refractivity contribution in [1.82, 2.24) is 0 Å². The molecule has 0 aliphatic heterocycles. The number of hydrogen-bond acceptors (Lipinski definition) is 1. The van der Waals surface area contributed by atoms with Gasteiger partial charge in [0.25, 0.3) is 0 Å². The van der Waals surface area contributed by atoms with Gasteiger partial charge in [-0.05, 0) is 30.5 Å². The smallest absolute Gasteiger partial charge is 0.289 e. The van der Waals surface area contributed by atoms with Crippen LogP contribution in [0.15, 0.2) is 29.3 Å². The summed E-state index contributed by atoms with van der Waals surface area (Å²) in [4.78, 5) is 4.27. The molecular formula is C13H16F3N. The average molecular weight is 243 g/mol. The van der Waals surface area contributed by atoms with E-state index in [1.54, 1.807) is 13.0 Å². The van der Waals surface area contributed by atoms with Crippen LogP contribution in [0.4, 0.5) is 13.2 Å². The minimum Gasteiger partial charge on any atom is -0.289 e. The van der Waals surface area contributed by atoms with Gasteiger partial charge >= 0.3 is 6.18 Å². The molecule has 0 aliphatic rings. The molecule has 1 aromatic carbocycles. The molecule has 4 heteroatoms. The zero-order chi connectivity index (χ0) is 13.1. The summed E-state index contributed by atoms with van der Waals surface area (Å²) in [5.41, 5.74) is 0.541. The van der Waals surface area contributed by atoms with E-state index in [9.17, 15) is 13.2 Å². The van der Waals surface area contributed by atoms with Crippen molar-refractivity contribution in [3.05, 3.63) is 35.4 Å². The molecule has 17 heavy (non-hydrogen) atoms. The lowest BCUT2D eigenvalue weighted by Crippen LogP contribution is -2.07. The van der Waals surface area contributed by atoms with E-state index in [1.807, 2.05) is 13.8 Å². The van der Waals surface area contributed by atoms with Crippen LogP contribution in [0, 0.1) is 5.92 Å². The number of benzene rings is 1. The molecule has 0 bridgehead atoms. The number of halogens is 3. The summed E-state index contributed by atoms with van der Waals surface area (Å²) in [6.45, 7) is 6.39. The lowest BCUT2D eigenvalue weighted by atomic mass is 10.1. The second kappa shape index (κ2) is 5.34. The van der Waals surface area contributed by atoms with E-state index in [2.05, 4.69) is 4.99 Å². The van der Waals surface area contributed by atoms with Crippen LogP contribution in [-0.2, 0) is 6.18 Å². The lowest BCUT2D eigenvalue weighted by molar-refractivity contribution is -0.137. The third-order valence-electron chi connectivity index (χ3n) is 2.30. The summed E-state index contributed by atoms with van der Waals surface area (Å²) in [6.07, 6.45) is -4.30. The first kappa shape index (κ1) is 13.7. The maximum Gasteiger partial charge on any atom is 0.416 e. The molecule has 0 amide bonds. The van der Waals surface area contributed by atoms with E-state index in [0.29, 0.717) is 23.7 Å². The van der Waals surface area contributed by atoms with Gasteiger partial charge in [0.05, 0.1) is 5.56 Å². The van der Waals surface area contributed by atoms with Gasteiger partial charge in [-0.2, -0.15) is 13.2 Å². The highest BCUT2D eigenvalue weighted by atomic mass is 19.4. The van der Waals surface area contributed by atoms with Crippen molar-refractivity contribution in [3.63, 3.8) is 0 Å². The summed E-state index contributed by atoms with van der Waals surface area (Å²) in [5.74, 6) is 0.399. The zero-order valence-electron chi connectivity index (χ0n) is 10.2. The predicted molar refractivity (Wildman–Crippen MR) is 63.4 cm³/mol. The van der Waals surface area contributed by atoms with Crippen molar-refractivity contribution in [3.8, 4) is 0 Å². The largest absolute Gasteiger partial charge is 0.416 e. The van der Waals surface area contributed by atoms with Gasteiger partial charge in [0, 0.05) is 12.3 Å². The predicted octanol–water partition coefficient (Wildman–Crippen LogP) is 4.17. The minimum atomic E-state index is -4.30. The second-order valence-electron chi connectivity index (χ2n) is 4.40. The number of alkyl halides is 3. The van der Waals surface area contributed by atoms with Crippen molar-refractivity contribution in [1.29, 1.82) is 0 Å². The Kier molecular flexibility index (Phi) is 4.32. The average Bonchev–Trinajstić information content (AvgIpc) is 2.25. The van der Waals surface area contributed by atoms with Crippen molar-refractivity contribution >= 4 is 5.71 Å². The molecular weight excluding hydrogens is 227 g/mol. The molecule has 1 aromatic rings. The summed E-state index contributed by atoms with van der Waals surface area (Å²) in [5, 5.41) is 0. The Morgan fingerprint density at radius 2 is 1.94 bits per heavy atom. The van der Waals surface area contributed by atoms with Gasteiger partial charge in [0.2, 0.25) is 0 Å². The molecule has 0 fully saturated rings. The second-order valence-corrected chi connectivity index (χ2v) is 4.40. The van der Waals surface area contributed by atoms with Crippen LogP contribution in [0.2, 0.25) is 0 Å².